The van der Waals surface area contributed by atoms with E-state index in [9.17, 15) is 22.0 Å². The molecule has 0 fully saturated rings. The van der Waals surface area contributed by atoms with Crippen LogP contribution in [0.1, 0.15) is 11.1 Å². The third-order valence-corrected chi connectivity index (χ3v) is 6.47. The van der Waals surface area contributed by atoms with Crippen molar-refractivity contribution in [1.82, 2.24) is 4.31 Å². The van der Waals surface area contributed by atoms with Crippen molar-refractivity contribution >= 4 is 33.2 Å². The van der Waals surface area contributed by atoms with E-state index in [4.69, 9.17) is 11.6 Å². The van der Waals surface area contributed by atoms with Gasteiger partial charge in [0.25, 0.3) is 0 Å². The van der Waals surface area contributed by atoms with Gasteiger partial charge in [0.05, 0.1) is 17.1 Å². The minimum absolute atomic E-state index is 0.00450. The highest BCUT2D eigenvalue weighted by molar-refractivity contribution is 7.89. The fraction of sp³-hybridized carbons (Fsp3) is 0.136. The van der Waals surface area contributed by atoms with E-state index in [1.807, 2.05) is 6.92 Å². The fourth-order valence-electron chi connectivity index (χ4n) is 2.87. The van der Waals surface area contributed by atoms with Crippen LogP contribution in [0, 0.1) is 18.6 Å². The predicted octanol–water partition coefficient (Wildman–Crippen LogP) is 4.76. The summed E-state index contributed by atoms with van der Waals surface area (Å²) in [6, 6.07) is 15.4. The van der Waals surface area contributed by atoms with Gasteiger partial charge in [0.15, 0.2) is 0 Å². The van der Waals surface area contributed by atoms with Crippen LogP contribution in [0.15, 0.2) is 71.6 Å². The average molecular weight is 465 g/mol. The van der Waals surface area contributed by atoms with Crippen molar-refractivity contribution in [3.8, 4) is 0 Å². The quantitative estimate of drug-likeness (QED) is 0.548. The summed E-state index contributed by atoms with van der Waals surface area (Å²) in [5, 5.41) is 2.64. The molecule has 0 atom stereocenters. The number of rotatable bonds is 7. The number of anilines is 1. The topological polar surface area (TPSA) is 66.5 Å². The molecule has 5 nitrogen and oxygen atoms in total. The molecule has 0 heterocycles. The van der Waals surface area contributed by atoms with Gasteiger partial charge in [0.2, 0.25) is 15.9 Å². The number of nitrogens with zero attached hydrogens (tertiary/aromatic N) is 1. The maximum atomic E-state index is 13.9. The Balaban J connectivity index is 1.90. The molecular weight excluding hydrogens is 446 g/mol. The number of carbonyl (C=O) groups is 1. The first-order valence-corrected chi connectivity index (χ1v) is 11.0. The van der Waals surface area contributed by atoms with Gasteiger partial charge in [-0.25, -0.2) is 17.2 Å². The molecule has 0 saturated carbocycles. The zero-order chi connectivity index (χ0) is 22.6. The summed E-state index contributed by atoms with van der Waals surface area (Å²) in [6.45, 7) is 1.07. The molecule has 31 heavy (non-hydrogen) atoms. The van der Waals surface area contributed by atoms with Gasteiger partial charge in [-0.2, -0.15) is 4.31 Å². The molecule has 0 aliphatic rings. The molecule has 0 saturated heterocycles. The Labute approximate surface area is 184 Å². The third-order valence-electron chi connectivity index (χ3n) is 4.43. The Morgan fingerprint density at radius 1 is 1.03 bits per heavy atom. The highest BCUT2D eigenvalue weighted by Gasteiger charge is 2.27. The monoisotopic (exact) mass is 464 g/mol. The van der Waals surface area contributed by atoms with Crippen molar-refractivity contribution in [1.29, 1.82) is 0 Å². The van der Waals surface area contributed by atoms with Crippen LogP contribution < -0.4 is 5.32 Å². The molecule has 0 bridgehead atoms. The normalized spacial score (nSPS) is 11.5. The number of aryl methyl sites for hydroxylation is 1. The molecule has 0 spiro atoms. The number of benzene rings is 3. The van der Waals surface area contributed by atoms with E-state index in [0.717, 1.165) is 28.1 Å². The summed E-state index contributed by atoms with van der Waals surface area (Å²) < 4.78 is 54.7. The summed E-state index contributed by atoms with van der Waals surface area (Å²) in [7, 11) is -4.07. The van der Waals surface area contributed by atoms with Crippen LogP contribution in [-0.2, 0) is 21.4 Å². The van der Waals surface area contributed by atoms with E-state index in [2.05, 4.69) is 5.32 Å². The first-order valence-electron chi connectivity index (χ1n) is 9.21. The zero-order valence-corrected chi connectivity index (χ0v) is 18.1. The van der Waals surface area contributed by atoms with Crippen molar-refractivity contribution in [3.63, 3.8) is 0 Å². The van der Waals surface area contributed by atoms with Crippen LogP contribution in [0.3, 0.4) is 0 Å². The minimum atomic E-state index is -4.07. The van der Waals surface area contributed by atoms with E-state index in [1.54, 1.807) is 36.4 Å². The van der Waals surface area contributed by atoms with Crippen molar-refractivity contribution in [2.45, 2.75) is 18.4 Å². The predicted molar refractivity (Wildman–Crippen MR) is 115 cm³/mol. The van der Waals surface area contributed by atoms with Gasteiger partial charge >= 0.3 is 0 Å². The van der Waals surface area contributed by atoms with Crippen molar-refractivity contribution in [2.24, 2.45) is 0 Å². The molecular formula is C22H19ClF2N2O3S. The number of carbonyl (C=O) groups excluding carboxylic acids is 1. The lowest BCUT2D eigenvalue weighted by Gasteiger charge is -2.22. The zero-order valence-electron chi connectivity index (χ0n) is 16.5. The molecule has 1 N–H and O–H groups in total. The van der Waals surface area contributed by atoms with Crippen LogP contribution in [0.2, 0.25) is 5.02 Å². The lowest BCUT2D eigenvalue weighted by atomic mass is 10.2. The maximum Gasteiger partial charge on any atom is 0.243 e. The molecule has 0 aliphatic heterocycles. The average Bonchev–Trinajstić information content (AvgIpc) is 2.70. The van der Waals surface area contributed by atoms with Gasteiger partial charge in [0.1, 0.15) is 11.6 Å². The Bertz CT molecular complexity index is 1200. The second-order valence-corrected chi connectivity index (χ2v) is 9.26. The van der Waals surface area contributed by atoms with E-state index in [-0.39, 0.29) is 17.1 Å². The number of nitrogens with one attached hydrogen (secondary N) is 1. The second kappa shape index (κ2) is 9.55. The summed E-state index contributed by atoms with van der Waals surface area (Å²) in [5.41, 5.74) is 1.06. The molecule has 3 aromatic carbocycles. The number of sulfonamides is 1. The lowest BCUT2D eigenvalue weighted by molar-refractivity contribution is -0.116. The number of halogens is 3. The van der Waals surface area contributed by atoms with E-state index in [0.29, 0.717) is 10.6 Å². The van der Waals surface area contributed by atoms with Gasteiger partial charge in [-0.15, -0.1) is 0 Å². The Morgan fingerprint density at radius 2 is 1.74 bits per heavy atom. The Morgan fingerprint density at radius 3 is 2.42 bits per heavy atom. The molecule has 0 radical (unpaired) electrons. The van der Waals surface area contributed by atoms with Gasteiger partial charge in [-0.1, -0.05) is 41.4 Å². The highest BCUT2D eigenvalue weighted by atomic mass is 35.5. The van der Waals surface area contributed by atoms with Crippen molar-refractivity contribution in [2.75, 3.05) is 11.9 Å². The molecule has 0 aromatic heterocycles. The number of hydrogen-bond donors (Lipinski definition) is 1. The van der Waals surface area contributed by atoms with E-state index < -0.39 is 34.1 Å². The molecule has 1 amide bonds. The molecule has 0 aliphatic carbocycles. The van der Waals surface area contributed by atoms with Crippen LogP contribution in [0.5, 0.6) is 0 Å². The van der Waals surface area contributed by atoms with Crippen molar-refractivity contribution in [3.05, 3.63) is 94.5 Å². The number of amides is 1. The maximum absolute atomic E-state index is 13.9. The van der Waals surface area contributed by atoms with Crippen molar-refractivity contribution < 1.29 is 22.0 Å². The molecule has 3 rings (SSSR count). The van der Waals surface area contributed by atoms with E-state index >= 15 is 0 Å². The molecule has 0 unspecified atom stereocenters. The summed E-state index contributed by atoms with van der Waals surface area (Å²) in [4.78, 5) is 12.5. The Kier molecular flexibility index (Phi) is 7.04. The molecule has 162 valence electrons. The second-order valence-electron chi connectivity index (χ2n) is 6.89. The SMILES string of the molecule is Cc1ccc(S(=O)(=O)N(CC(=O)Nc2cc(F)ccc2F)Cc2cccc(Cl)c2)cc1. The highest BCUT2D eigenvalue weighted by Crippen LogP contribution is 2.21. The first kappa shape index (κ1) is 22.9. The first-order chi connectivity index (χ1) is 14.6. The van der Waals surface area contributed by atoms with Gasteiger partial charge in [-0.05, 0) is 48.9 Å². The minimum Gasteiger partial charge on any atom is -0.322 e. The summed E-state index contributed by atoms with van der Waals surface area (Å²) in [6.07, 6.45) is 0. The van der Waals surface area contributed by atoms with Crippen LogP contribution in [0.25, 0.3) is 0 Å². The largest absolute Gasteiger partial charge is 0.322 e. The van der Waals surface area contributed by atoms with Gasteiger partial charge in [-0.3, -0.25) is 4.79 Å². The standard InChI is InChI=1S/C22H19ClF2N2O3S/c1-15-5-8-19(9-6-15)31(29,30)27(13-16-3-2-4-17(23)11-16)14-22(28)26-21-12-18(24)7-10-20(21)25/h2-12H,13-14H2,1H3,(H,26,28). The van der Waals surface area contributed by atoms with Crippen LogP contribution >= 0.6 is 11.6 Å². The smallest absolute Gasteiger partial charge is 0.243 e. The molecule has 9 heteroatoms. The third kappa shape index (κ3) is 5.88. The fourth-order valence-corrected chi connectivity index (χ4v) is 4.46. The van der Waals surface area contributed by atoms with Crippen LogP contribution in [0.4, 0.5) is 14.5 Å². The van der Waals surface area contributed by atoms with Gasteiger partial charge in [0, 0.05) is 17.6 Å². The van der Waals surface area contributed by atoms with Crippen LogP contribution in [-0.4, -0.2) is 25.2 Å². The van der Waals surface area contributed by atoms with E-state index in [1.165, 1.54) is 12.1 Å². The number of hydrogen-bond acceptors (Lipinski definition) is 3. The summed E-state index contributed by atoms with van der Waals surface area (Å²) >= 11 is 6.00. The van der Waals surface area contributed by atoms with Gasteiger partial charge < -0.3 is 5.32 Å². The summed E-state index contributed by atoms with van der Waals surface area (Å²) in [5.74, 6) is -2.39. The lowest BCUT2D eigenvalue weighted by Crippen LogP contribution is -2.37. The molecule has 3 aromatic rings. The Hall–Kier alpha value is -2.81.